The Hall–Kier alpha value is -0.760. The van der Waals surface area contributed by atoms with Gasteiger partial charge in [0, 0.05) is 0 Å². The highest BCUT2D eigenvalue weighted by atomic mass is 16.7. The zero-order chi connectivity index (χ0) is 13.5. The van der Waals surface area contributed by atoms with E-state index in [0.717, 1.165) is 0 Å². The summed E-state index contributed by atoms with van der Waals surface area (Å²) in [7, 11) is 0. The molecule has 2 unspecified atom stereocenters. The van der Waals surface area contributed by atoms with Crippen molar-refractivity contribution < 1.29 is 29.9 Å². The van der Waals surface area contributed by atoms with Crippen LogP contribution >= 0.6 is 0 Å². The molecular formula is C12H20O6. The molecule has 0 aromatic carbocycles. The SMILES string of the molecule is CC=CC=CCO[C@@H]1OC(CO)[C@H](O)[C@@H](O)C1O. The van der Waals surface area contributed by atoms with E-state index in [1.165, 1.54) is 0 Å². The number of ether oxygens (including phenoxy) is 2. The van der Waals surface area contributed by atoms with Crippen LogP contribution in [0.25, 0.3) is 0 Å². The number of rotatable bonds is 5. The number of allylic oxidation sites excluding steroid dienone is 3. The topological polar surface area (TPSA) is 99.4 Å². The zero-order valence-corrected chi connectivity index (χ0v) is 10.2. The fourth-order valence-electron chi connectivity index (χ4n) is 1.60. The molecule has 1 rings (SSSR count). The molecule has 0 aromatic heterocycles. The summed E-state index contributed by atoms with van der Waals surface area (Å²) >= 11 is 0. The molecule has 5 atom stereocenters. The van der Waals surface area contributed by atoms with Gasteiger partial charge in [-0.3, -0.25) is 0 Å². The van der Waals surface area contributed by atoms with Crippen molar-refractivity contribution in [1.29, 1.82) is 0 Å². The Labute approximate surface area is 106 Å². The molecule has 0 amide bonds. The fraction of sp³-hybridized carbons (Fsp3) is 0.667. The van der Waals surface area contributed by atoms with Gasteiger partial charge in [-0.15, -0.1) is 0 Å². The summed E-state index contributed by atoms with van der Waals surface area (Å²) in [6, 6.07) is 0. The Morgan fingerprint density at radius 1 is 1.11 bits per heavy atom. The molecule has 4 N–H and O–H groups in total. The summed E-state index contributed by atoms with van der Waals surface area (Å²) in [4.78, 5) is 0. The number of aliphatic hydroxyl groups excluding tert-OH is 4. The van der Waals surface area contributed by atoms with Gasteiger partial charge in [0.15, 0.2) is 6.29 Å². The normalized spacial score (nSPS) is 37.7. The molecule has 0 aliphatic carbocycles. The minimum atomic E-state index is -1.40. The summed E-state index contributed by atoms with van der Waals surface area (Å²) in [5.41, 5.74) is 0. The Morgan fingerprint density at radius 3 is 2.44 bits per heavy atom. The van der Waals surface area contributed by atoms with Gasteiger partial charge in [0.25, 0.3) is 0 Å². The lowest BCUT2D eigenvalue weighted by atomic mass is 9.99. The molecule has 0 spiro atoms. The Morgan fingerprint density at radius 2 is 1.83 bits per heavy atom. The first-order valence-corrected chi connectivity index (χ1v) is 5.81. The van der Waals surface area contributed by atoms with Crippen LogP contribution < -0.4 is 0 Å². The number of hydrogen-bond donors (Lipinski definition) is 4. The Balaban J connectivity index is 2.49. The minimum absolute atomic E-state index is 0.188. The lowest BCUT2D eigenvalue weighted by Gasteiger charge is -2.39. The predicted molar refractivity (Wildman–Crippen MR) is 63.7 cm³/mol. The second-order valence-electron chi connectivity index (χ2n) is 3.98. The molecule has 1 aliphatic rings. The van der Waals surface area contributed by atoms with Crippen molar-refractivity contribution in [1.82, 2.24) is 0 Å². The van der Waals surface area contributed by atoms with E-state index in [1.807, 2.05) is 19.1 Å². The van der Waals surface area contributed by atoms with Crippen LogP contribution in [0.5, 0.6) is 0 Å². The molecule has 18 heavy (non-hydrogen) atoms. The average Bonchev–Trinajstić information content (AvgIpc) is 2.38. The van der Waals surface area contributed by atoms with Crippen molar-refractivity contribution in [2.45, 2.75) is 37.6 Å². The molecule has 6 nitrogen and oxygen atoms in total. The second-order valence-corrected chi connectivity index (χ2v) is 3.98. The van der Waals surface area contributed by atoms with Crippen molar-refractivity contribution in [3.05, 3.63) is 24.3 Å². The smallest absolute Gasteiger partial charge is 0.187 e. The van der Waals surface area contributed by atoms with Gasteiger partial charge in [-0.25, -0.2) is 0 Å². The highest BCUT2D eigenvalue weighted by Crippen LogP contribution is 2.21. The summed E-state index contributed by atoms with van der Waals surface area (Å²) in [6.45, 7) is 1.61. The first-order chi connectivity index (χ1) is 8.61. The van der Waals surface area contributed by atoms with Crippen molar-refractivity contribution in [3.8, 4) is 0 Å². The van der Waals surface area contributed by atoms with Crippen molar-refractivity contribution in [2.75, 3.05) is 13.2 Å². The van der Waals surface area contributed by atoms with Crippen LogP contribution in [-0.2, 0) is 9.47 Å². The van der Waals surface area contributed by atoms with Gasteiger partial charge in [0.1, 0.15) is 24.4 Å². The predicted octanol–water partition coefficient (Wildman–Crippen LogP) is -1.06. The molecule has 6 heteroatoms. The highest BCUT2D eigenvalue weighted by molar-refractivity contribution is 5.01. The molecule has 1 heterocycles. The maximum Gasteiger partial charge on any atom is 0.187 e. The molecule has 0 saturated carbocycles. The molecular weight excluding hydrogens is 240 g/mol. The van der Waals surface area contributed by atoms with Crippen molar-refractivity contribution in [2.24, 2.45) is 0 Å². The standard InChI is InChI=1S/C12H20O6/c1-2-3-4-5-6-17-12-11(16)10(15)9(14)8(7-13)18-12/h2-5,8-16H,6-7H2,1H3/t8?,9-,10+,11?,12+/m0/s1. The van der Waals surface area contributed by atoms with Crippen LogP contribution in [0.2, 0.25) is 0 Å². The fourth-order valence-corrected chi connectivity index (χ4v) is 1.60. The van der Waals surface area contributed by atoms with E-state index < -0.39 is 37.3 Å². The summed E-state index contributed by atoms with van der Waals surface area (Å²) in [6.07, 6.45) is 1.03. The van der Waals surface area contributed by atoms with Gasteiger partial charge in [0.2, 0.25) is 0 Å². The van der Waals surface area contributed by atoms with Gasteiger partial charge in [0.05, 0.1) is 13.2 Å². The third-order valence-corrected chi connectivity index (χ3v) is 2.64. The number of aliphatic hydroxyl groups is 4. The molecule has 1 aliphatic heterocycles. The second kappa shape index (κ2) is 7.63. The Kier molecular flexibility index (Phi) is 6.48. The Bertz CT molecular complexity index is 288. The van der Waals surface area contributed by atoms with Gasteiger partial charge in [-0.1, -0.05) is 24.3 Å². The largest absolute Gasteiger partial charge is 0.394 e. The summed E-state index contributed by atoms with van der Waals surface area (Å²) in [5.74, 6) is 0. The third-order valence-electron chi connectivity index (χ3n) is 2.64. The van der Waals surface area contributed by atoms with Crippen LogP contribution in [0.4, 0.5) is 0 Å². The molecule has 104 valence electrons. The van der Waals surface area contributed by atoms with Crippen LogP contribution in [0.1, 0.15) is 6.92 Å². The van der Waals surface area contributed by atoms with E-state index >= 15 is 0 Å². The minimum Gasteiger partial charge on any atom is -0.394 e. The molecule has 0 bridgehead atoms. The van der Waals surface area contributed by atoms with E-state index in [4.69, 9.17) is 14.6 Å². The average molecular weight is 260 g/mol. The monoisotopic (exact) mass is 260 g/mol. The highest BCUT2D eigenvalue weighted by Gasteiger charge is 2.43. The quantitative estimate of drug-likeness (QED) is 0.470. The van der Waals surface area contributed by atoms with E-state index in [0.29, 0.717) is 0 Å². The first kappa shape index (κ1) is 15.3. The molecule has 0 radical (unpaired) electrons. The van der Waals surface area contributed by atoms with E-state index in [2.05, 4.69) is 0 Å². The lowest BCUT2D eigenvalue weighted by Crippen LogP contribution is -2.59. The van der Waals surface area contributed by atoms with Crippen molar-refractivity contribution >= 4 is 0 Å². The van der Waals surface area contributed by atoms with Gasteiger partial charge >= 0.3 is 0 Å². The van der Waals surface area contributed by atoms with Crippen LogP contribution in [0.15, 0.2) is 24.3 Å². The first-order valence-electron chi connectivity index (χ1n) is 5.81. The third kappa shape index (κ3) is 3.88. The van der Waals surface area contributed by atoms with Crippen LogP contribution in [0.3, 0.4) is 0 Å². The summed E-state index contributed by atoms with van der Waals surface area (Å²) < 4.78 is 10.4. The summed E-state index contributed by atoms with van der Waals surface area (Å²) in [5, 5.41) is 37.7. The van der Waals surface area contributed by atoms with Gasteiger partial charge in [-0.05, 0) is 6.92 Å². The van der Waals surface area contributed by atoms with E-state index in [9.17, 15) is 15.3 Å². The van der Waals surface area contributed by atoms with E-state index in [-0.39, 0.29) is 6.61 Å². The lowest BCUT2D eigenvalue weighted by molar-refractivity contribution is -0.298. The number of hydrogen-bond acceptors (Lipinski definition) is 6. The van der Waals surface area contributed by atoms with Crippen LogP contribution in [0, 0.1) is 0 Å². The molecule has 0 aromatic rings. The van der Waals surface area contributed by atoms with Crippen molar-refractivity contribution in [3.63, 3.8) is 0 Å². The van der Waals surface area contributed by atoms with E-state index in [1.54, 1.807) is 12.2 Å². The zero-order valence-electron chi connectivity index (χ0n) is 10.2. The van der Waals surface area contributed by atoms with Crippen LogP contribution in [-0.4, -0.2) is 64.3 Å². The maximum atomic E-state index is 9.64. The van der Waals surface area contributed by atoms with Gasteiger partial charge in [-0.2, -0.15) is 0 Å². The maximum absolute atomic E-state index is 9.64. The molecule has 1 saturated heterocycles. The molecule has 1 fully saturated rings. The van der Waals surface area contributed by atoms with Gasteiger partial charge < -0.3 is 29.9 Å².